The first-order valence-corrected chi connectivity index (χ1v) is 8.21. The Kier molecular flexibility index (Phi) is 6.20. The molecule has 1 heterocycles. The van der Waals surface area contributed by atoms with E-state index in [-0.39, 0.29) is 22.8 Å². The highest BCUT2D eigenvalue weighted by molar-refractivity contribution is 6.07. The van der Waals surface area contributed by atoms with E-state index in [2.05, 4.69) is 0 Å². The Hall–Kier alpha value is -4.22. The summed E-state index contributed by atoms with van der Waals surface area (Å²) >= 11 is 0. The van der Waals surface area contributed by atoms with E-state index in [1.165, 1.54) is 33.3 Å². The SMILES string of the molecule is COc1cc(-c2c(C(=O)O)c(N)[nH]c(=O)c2C(=O)O)cc(OC)c1OC(C)C(=O)O. The molecule has 12 heteroatoms. The number of nitrogens with two attached hydrogens (primary N) is 1. The second kappa shape index (κ2) is 8.43. The van der Waals surface area contributed by atoms with Crippen molar-refractivity contribution in [2.24, 2.45) is 0 Å². The number of methoxy groups -OCH3 is 2. The topological polar surface area (TPSA) is 198 Å². The van der Waals surface area contributed by atoms with Crippen LogP contribution < -0.4 is 25.5 Å². The van der Waals surface area contributed by atoms with Gasteiger partial charge >= 0.3 is 17.9 Å². The number of carbonyl (C=O) groups is 3. The summed E-state index contributed by atoms with van der Waals surface area (Å²) < 4.78 is 15.7. The van der Waals surface area contributed by atoms with Crippen molar-refractivity contribution in [3.05, 3.63) is 33.6 Å². The molecule has 30 heavy (non-hydrogen) atoms. The number of hydrogen-bond donors (Lipinski definition) is 5. The highest BCUT2D eigenvalue weighted by atomic mass is 16.6. The number of aromatic amines is 1. The molecule has 0 radical (unpaired) electrons. The van der Waals surface area contributed by atoms with E-state index in [1.54, 1.807) is 0 Å². The third-order valence-electron chi connectivity index (χ3n) is 4.06. The predicted molar refractivity (Wildman–Crippen MR) is 102 cm³/mol. The lowest BCUT2D eigenvalue weighted by Gasteiger charge is -2.19. The summed E-state index contributed by atoms with van der Waals surface area (Å²) in [4.78, 5) is 48.7. The molecule has 0 amide bonds. The van der Waals surface area contributed by atoms with Crippen LogP contribution in [0.4, 0.5) is 5.82 Å². The van der Waals surface area contributed by atoms with Gasteiger partial charge in [-0.3, -0.25) is 4.79 Å². The van der Waals surface area contributed by atoms with E-state index in [0.29, 0.717) is 0 Å². The quantitative estimate of drug-likeness (QED) is 0.405. The Balaban J connectivity index is 2.92. The fourth-order valence-corrected chi connectivity index (χ4v) is 2.70. The van der Waals surface area contributed by atoms with E-state index in [0.717, 1.165) is 0 Å². The number of rotatable bonds is 8. The van der Waals surface area contributed by atoms with Crippen LogP contribution in [0.2, 0.25) is 0 Å². The van der Waals surface area contributed by atoms with Gasteiger partial charge in [0.1, 0.15) is 16.9 Å². The van der Waals surface area contributed by atoms with Gasteiger partial charge in [-0.05, 0) is 24.6 Å². The second-order valence-electron chi connectivity index (χ2n) is 5.91. The third kappa shape index (κ3) is 3.97. The Labute approximate surface area is 168 Å². The molecule has 0 aliphatic carbocycles. The van der Waals surface area contributed by atoms with Crippen molar-refractivity contribution in [2.75, 3.05) is 20.0 Å². The van der Waals surface area contributed by atoms with E-state index in [9.17, 15) is 29.4 Å². The zero-order valence-corrected chi connectivity index (χ0v) is 16.0. The summed E-state index contributed by atoms with van der Waals surface area (Å²) in [6.45, 7) is 1.26. The summed E-state index contributed by atoms with van der Waals surface area (Å²) in [6.07, 6.45) is -1.29. The number of benzene rings is 1. The Morgan fingerprint density at radius 1 is 1.00 bits per heavy atom. The van der Waals surface area contributed by atoms with Gasteiger partial charge in [-0.25, -0.2) is 14.4 Å². The Morgan fingerprint density at radius 3 is 1.90 bits per heavy atom. The van der Waals surface area contributed by atoms with Crippen molar-refractivity contribution < 1.29 is 43.9 Å². The summed E-state index contributed by atoms with van der Waals surface area (Å²) in [6, 6.07) is 2.36. The van der Waals surface area contributed by atoms with Crippen LogP contribution in [0.3, 0.4) is 0 Å². The number of carboxylic acid groups (broad SMARTS) is 3. The van der Waals surface area contributed by atoms with Gasteiger partial charge in [0.05, 0.1) is 14.2 Å². The van der Waals surface area contributed by atoms with E-state index in [1.807, 2.05) is 4.98 Å². The summed E-state index contributed by atoms with van der Waals surface area (Å²) in [7, 11) is 2.44. The smallest absolute Gasteiger partial charge is 0.344 e. The molecule has 0 bridgehead atoms. The van der Waals surface area contributed by atoms with Crippen LogP contribution in [0.1, 0.15) is 27.6 Å². The number of nitrogen functional groups attached to an aromatic ring is 1. The highest BCUT2D eigenvalue weighted by Crippen LogP contribution is 2.43. The normalized spacial score (nSPS) is 11.4. The van der Waals surface area contributed by atoms with Gasteiger partial charge in [0.25, 0.3) is 5.56 Å². The van der Waals surface area contributed by atoms with Crippen molar-refractivity contribution in [1.29, 1.82) is 0 Å². The first-order valence-electron chi connectivity index (χ1n) is 8.21. The molecule has 0 aliphatic heterocycles. The number of aromatic nitrogens is 1. The first-order chi connectivity index (χ1) is 14.0. The van der Waals surface area contributed by atoms with Gasteiger partial charge in [-0.15, -0.1) is 0 Å². The van der Waals surface area contributed by atoms with Crippen LogP contribution in [0.5, 0.6) is 17.2 Å². The van der Waals surface area contributed by atoms with Crippen LogP contribution >= 0.6 is 0 Å². The maximum atomic E-state index is 12.2. The van der Waals surface area contributed by atoms with Crippen molar-refractivity contribution in [3.8, 4) is 28.4 Å². The van der Waals surface area contributed by atoms with Gasteiger partial charge in [0, 0.05) is 5.56 Å². The summed E-state index contributed by atoms with van der Waals surface area (Å²) in [5.74, 6) is -5.40. The number of H-pyrrole nitrogens is 1. The largest absolute Gasteiger partial charge is 0.493 e. The minimum Gasteiger partial charge on any atom is -0.493 e. The molecule has 0 fully saturated rings. The average molecular weight is 422 g/mol. The number of hydrogen-bond acceptors (Lipinski definition) is 8. The second-order valence-corrected chi connectivity index (χ2v) is 5.91. The predicted octanol–water partition coefficient (Wildman–Crippen LogP) is 0.890. The van der Waals surface area contributed by atoms with Crippen LogP contribution in [0.25, 0.3) is 11.1 Å². The molecule has 2 rings (SSSR count). The lowest BCUT2D eigenvalue weighted by molar-refractivity contribution is -0.144. The zero-order valence-electron chi connectivity index (χ0n) is 16.0. The van der Waals surface area contributed by atoms with E-state index in [4.69, 9.17) is 25.1 Å². The van der Waals surface area contributed by atoms with Crippen LogP contribution in [-0.2, 0) is 4.79 Å². The van der Waals surface area contributed by atoms with Gasteiger partial charge in [-0.1, -0.05) is 0 Å². The maximum Gasteiger partial charge on any atom is 0.344 e. The molecule has 0 saturated carbocycles. The van der Waals surface area contributed by atoms with Crippen LogP contribution in [0.15, 0.2) is 16.9 Å². The minimum absolute atomic E-state index is 0.0911. The number of anilines is 1. The number of pyridine rings is 1. The van der Waals surface area contributed by atoms with Crippen molar-refractivity contribution in [3.63, 3.8) is 0 Å². The molecular weight excluding hydrogens is 404 g/mol. The molecule has 0 spiro atoms. The number of carboxylic acids is 3. The zero-order chi connectivity index (χ0) is 22.7. The van der Waals surface area contributed by atoms with Crippen molar-refractivity contribution >= 4 is 23.7 Å². The molecule has 6 N–H and O–H groups in total. The van der Waals surface area contributed by atoms with Crippen molar-refractivity contribution in [2.45, 2.75) is 13.0 Å². The van der Waals surface area contributed by atoms with Gasteiger partial charge in [0.2, 0.25) is 5.75 Å². The molecule has 160 valence electrons. The first kappa shape index (κ1) is 22.1. The number of ether oxygens (including phenoxy) is 3. The molecule has 2 aromatic rings. The minimum atomic E-state index is -1.69. The highest BCUT2D eigenvalue weighted by Gasteiger charge is 2.29. The molecule has 1 aromatic carbocycles. The molecule has 12 nitrogen and oxygen atoms in total. The summed E-state index contributed by atoms with van der Waals surface area (Å²) in [5, 5.41) is 28.1. The number of aliphatic carboxylic acids is 1. The maximum absolute atomic E-state index is 12.2. The van der Waals surface area contributed by atoms with Crippen LogP contribution in [0, 0.1) is 0 Å². The van der Waals surface area contributed by atoms with E-state index < -0.39 is 52.1 Å². The fourth-order valence-electron chi connectivity index (χ4n) is 2.70. The van der Waals surface area contributed by atoms with E-state index >= 15 is 0 Å². The van der Waals surface area contributed by atoms with Crippen molar-refractivity contribution in [1.82, 2.24) is 4.98 Å². The van der Waals surface area contributed by atoms with Gasteiger partial charge in [0.15, 0.2) is 17.6 Å². The third-order valence-corrected chi connectivity index (χ3v) is 4.06. The Bertz CT molecular complexity index is 1060. The Morgan fingerprint density at radius 2 is 1.50 bits per heavy atom. The molecule has 1 aromatic heterocycles. The van der Waals surface area contributed by atoms with Gasteiger partial charge in [-0.2, -0.15) is 0 Å². The molecule has 1 unspecified atom stereocenters. The number of aromatic carboxylic acids is 2. The number of nitrogens with one attached hydrogen (secondary N) is 1. The fraction of sp³-hybridized carbons (Fsp3) is 0.222. The van der Waals surface area contributed by atoms with Crippen LogP contribution in [-0.4, -0.2) is 58.5 Å². The standard InChI is InChI=1S/C18H18N2O10/c1-6(16(22)23)30-13-8(28-2)4-7(5-9(13)29-3)10-11(17(24)25)14(19)20-15(21)12(10)18(26)27/h4-6H,1-3H3,(H,22,23)(H,24,25)(H,26,27)(H3,19,20,21). The monoisotopic (exact) mass is 422 g/mol. The molecule has 0 aliphatic rings. The van der Waals surface area contributed by atoms with Gasteiger partial charge < -0.3 is 40.2 Å². The molecular formula is C18H18N2O10. The summed E-state index contributed by atoms with van der Waals surface area (Å²) in [5.41, 5.74) is 2.42. The molecule has 0 saturated heterocycles. The lowest BCUT2D eigenvalue weighted by Crippen LogP contribution is -2.24. The molecule has 1 atom stereocenters. The average Bonchev–Trinajstić information content (AvgIpc) is 2.66. The lowest BCUT2D eigenvalue weighted by atomic mass is 9.94.